The van der Waals surface area contributed by atoms with Gasteiger partial charge in [-0.25, -0.2) is 0 Å². The molecule has 2 amide bonds. The van der Waals surface area contributed by atoms with Gasteiger partial charge in [0.2, 0.25) is 11.8 Å². The third kappa shape index (κ3) is 5.39. The lowest BCUT2D eigenvalue weighted by atomic mass is 9.78. The molecule has 0 spiro atoms. The number of ether oxygens (including phenoxy) is 1. The molecular weight excluding hydrogens is 494 g/mol. The number of anilines is 1. The number of amides is 2. The number of carbonyl (C=O) groups is 3. The Balaban J connectivity index is 1.88. The fourth-order valence-electron chi connectivity index (χ4n) is 3.35. The molecule has 2 aromatic carbocycles. The molecular formula is C23H20BrN3O4S. The summed E-state index contributed by atoms with van der Waals surface area (Å²) in [7, 11) is 1.20. The van der Waals surface area contributed by atoms with Gasteiger partial charge in [-0.05, 0) is 36.8 Å². The molecule has 0 saturated heterocycles. The van der Waals surface area contributed by atoms with Crippen molar-refractivity contribution in [1.29, 1.82) is 5.26 Å². The number of thioether (sulfide) groups is 1. The third-order valence-corrected chi connectivity index (χ3v) is 6.38. The van der Waals surface area contributed by atoms with Crippen LogP contribution >= 0.6 is 27.7 Å². The van der Waals surface area contributed by atoms with E-state index in [0.717, 1.165) is 21.8 Å². The molecule has 0 bridgehead atoms. The fourth-order valence-corrected chi connectivity index (χ4v) is 4.62. The molecule has 7 nitrogen and oxygen atoms in total. The van der Waals surface area contributed by atoms with Gasteiger partial charge in [0, 0.05) is 16.1 Å². The number of methoxy groups -OCH3 is 1. The van der Waals surface area contributed by atoms with Crippen LogP contribution in [0, 0.1) is 24.2 Å². The smallest absolute Gasteiger partial charge is 0.319 e. The average Bonchev–Trinajstić information content (AvgIpc) is 2.78. The third-order valence-electron chi connectivity index (χ3n) is 4.87. The molecule has 164 valence electrons. The van der Waals surface area contributed by atoms with Gasteiger partial charge >= 0.3 is 5.97 Å². The first kappa shape index (κ1) is 23.6. The first-order chi connectivity index (χ1) is 15.3. The number of hydrogen-bond acceptors (Lipinski definition) is 6. The quantitative estimate of drug-likeness (QED) is 0.448. The normalized spacial score (nSPS) is 17.9. The van der Waals surface area contributed by atoms with Crippen molar-refractivity contribution in [1.82, 2.24) is 5.32 Å². The molecule has 32 heavy (non-hydrogen) atoms. The van der Waals surface area contributed by atoms with Gasteiger partial charge in [0.05, 0.1) is 29.5 Å². The van der Waals surface area contributed by atoms with Crippen LogP contribution in [-0.2, 0) is 19.1 Å². The predicted octanol–water partition coefficient (Wildman–Crippen LogP) is 3.87. The Morgan fingerprint density at radius 3 is 2.59 bits per heavy atom. The number of rotatable bonds is 6. The van der Waals surface area contributed by atoms with Gasteiger partial charge in [-0.15, -0.1) is 0 Å². The molecule has 0 aromatic heterocycles. The highest BCUT2D eigenvalue weighted by atomic mass is 79.9. The van der Waals surface area contributed by atoms with Crippen LogP contribution in [-0.4, -0.2) is 30.6 Å². The van der Waals surface area contributed by atoms with E-state index in [1.807, 2.05) is 19.1 Å². The van der Waals surface area contributed by atoms with E-state index in [-0.39, 0.29) is 22.3 Å². The van der Waals surface area contributed by atoms with E-state index < -0.39 is 23.7 Å². The van der Waals surface area contributed by atoms with Crippen LogP contribution in [0.3, 0.4) is 0 Å². The molecule has 9 heteroatoms. The number of carbonyl (C=O) groups excluding carboxylic acids is 3. The lowest BCUT2D eigenvalue weighted by molar-refractivity contribution is -0.150. The zero-order valence-electron chi connectivity index (χ0n) is 17.3. The van der Waals surface area contributed by atoms with E-state index in [9.17, 15) is 19.6 Å². The van der Waals surface area contributed by atoms with Gasteiger partial charge in [0.15, 0.2) is 0 Å². The minimum atomic E-state index is -1.21. The highest BCUT2D eigenvalue weighted by Crippen LogP contribution is 2.40. The van der Waals surface area contributed by atoms with E-state index >= 15 is 0 Å². The summed E-state index contributed by atoms with van der Waals surface area (Å²) in [4.78, 5) is 37.6. The second kappa shape index (κ2) is 10.5. The first-order valence-corrected chi connectivity index (χ1v) is 11.4. The van der Waals surface area contributed by atoms with Gasteiger partial charge in [-0.1, -0.05) is 57.5 Å². The topological polar surface area (TPSA) is 108 Å². The Morgan fingerprint density at radius 2 is 1.97 bits per heavy atom. The van der Waals surface area contributed by atoms with Gasteiger partial charge in [-0.3, -0.25) is 14.4 Å². The number of nitriles is 1. The molecule has 2 N–H and O–H groups in total. The summed E-state index contributed by atoms with van der Waals surface area (Å²) >= 11 is 4.42. The van der Waals surface area contributed by atoms with Crippen LogP contribution < -0.4 is 10.6 Å². The van der Waals surface area contributed by atoms with Crippen LogP contribution in [0.4, 0.5) is 5.69 Å². The van der Waals surface area contributed by atoms with Crippen LogP contribution in [0.15, 0.2) is 63.6 Å². The van der Waals surface area contributed by atoms with E-state index in [2.05, 4.69) is 32.6 Å². The van der Waals surface area contributed by atoms with Gasteiger partial charge in [-0.2, -0.15) is 5.26 Å². The first-order valence-electron chi connectivity index (χ1n) is 9.61. The summed E-state index contributed by atoms with van der Waals surface area (Å²) in [6, 6.07) is 16.5. The predicted molar refractivity (Wildman–Crippen MR) is 125 cm³/mol. The number of allylic oxidation sites excluding steroid dienone is 1. The molecule has 2 atom stereocenters. The maximum atomic E-state index is 12.8. The standard InChI is InChI=1S/C23H20BrN3O4S/c1-13-6-8-16(9-7-13)26-18(28)12-32-22-17(11-25)19(14-4-3-5-15(24)10-14)20(21(29)27-22)23(30)31-2/h3-10,19-20H,12H2,1-2H3,(H,26,28)(H,27,29)/t19-,20-/m1/s1. The van der Waals surface area contributed by atoms with Gasteiger partial charge in [0.25, 0.3) is 0 Å². The maximum Gasteiger partial charge on any atom is 0.319 e. The largest absolute Gasteiger partial charge is 0.468 e. The summed E-state index contributed by atoms with van der Waals surface area (Å²) < 4.78 is 5.57. The van der Waals surface area contributed by atoms with Crippen LogP contribution in [0.25, 0.3) is 0 Å². The number of halogens is 1. The second-order valence-electron chi connectivity index (χ2n) is 7.08. The minimum Gasteiger partial charge on any atom is -0.468 e. The molecule has 1 aliphatic heterocycles. The zero-order valence-corrected chi connectivity index (χ0v) is 19.7. The Hall–Kier alpha value is -3.09. The molecule has 1 heterocycles. The van der Waals surface area contributed by atoms with E-state index in [0.29, 0.717) is 11.3 Å². The summed E-state index contributed by atoms with van der Waals surface area (Å²) in [6.45, 7) is 1.95. The van der Waals surface area contributed by atoms with Crippen LogP contribution in [0.2, 0.25) is 0 Å². The highest BCUT2D eigenvalue weighted by Gasteiger charge is 2.44. The number of hydrogen-bond donors (Lipinski definition) is 2. The molecule has 0 fully saturated rings. The Labute approximate surface area is 198 Å². The lowest BCUT2D eigenvalue weighted by Gasteiger charge is -2.31. The summed E-state index contributed by atoms with van der Waals surface area (Å²) in [5.41, 5.74) is 2.54. The SMILES string of the molecule is COC(=O)[C@H]1C(=O)NC(SCC(=O)Nc2ccc(C)cc2)=C(C#N)[C@H]1c1cccc(Br)c1. The number of benzene rings is 2. The Kier molecular flexibility index (Phi) is 7.72. The van der Waals surface area contributed by atoms with Crippen molar-refractivity contribution < 1.29 is 19.1 Å². The van der Waals surface area contributed by atoms with E-state index in [1.165, 1.54) is 7.11 Å². The molecule has 1 aliphatic rings. The summed E-state index contributed by atoms with van der Waals surface area (Å²) in [5.74, 6) is -3.67. The molecule has 0 unspecified atom stereocenters. The Bertz CT molecular complexity index is 1120. The molecule has 0 aliphatic carbocycles. The molecule has 0 radical (unpaired) electrons. The second-order valence-corrected chi connectivity index (χ2v) is 8.98. The monoisotopic (exact) mass is 513 g/mol. The van der Waals surface area contributed by atoms with Crippen molar-refractivity contribution in [3.05, 3.63) is 74.7 Å². The van der Waals surface area contributed by atoms with E-state index in [4.69, 9.17) is 4.74 Å². The van der Waals surface area contributed by atoms with Crippen LogP contribution in [0.5, 0.6) is 0 Å². The molecule has 2 aromatic rings. The number of nitrogens with one attached hydrogen (secondary N) is 2. The van der Waals surface area contributed by atoms with Crippen molar-refractivity contribution in [3.63, 3.8) is 0 Å². The van der Waals surface area contributed by atoms with Gasteiger partial charge < -0.3 is 15.4 Å². The van der Waals surface area contributed by atoms with Crippen LogP contribution in [0.1, 0.15) is 17.0 Å². The maximum absolute atomic E-state index is 12.8. The minimum absolute atomic E-state index is 0.0250. The summed E-state index contributed by atoms with van der Waals surface area (Å²) in [5, 5.41) is 15.6. The van der Waals surface area contributed by atoms with E-state index in [1.54, 1.807) is 36.4 Å². The van der Waals surface area contributed by atoms with Crippen molar-refractivity contribution in [2.45, 2.75) is 12.8 Å². The number of esters is 1. The van der Waals surface area contributed by atoms with Crippen molar-refractivity contribution in [2.24, 2.45) is 5.92 Å². The van der Waals surface area contributed by atoms with Crippen molar-refractivity contribution in [3.8, 4) is 6.07 Å². The number of aryl methyl sites for hydroxylation is 1. The number of nitrogens with zero attached hydrogens (tertiary/aromatic N) is 1. The van der Waals surface area contributed by atoms with Crippen molar-refractivity contribution in [2.75, 3.05) is 18.2 Å². The molecule has 0 saturated carbocycles. The highest BCUT2D eigenvalue weighted by molar-refractivity contribution is 9.10. The summed E-state index contributed by atoms with van der Waals surface area (Å²) in [6.07, 6.45) is 0. The van der Waals surface area contributed by atoms with Gasteiger partial charge in [0.1, 0.15) is 5.92 Å². The van der Waals surface area contributed by atoms with Crippen molar-refractivity contribution >= 4 is 51.2 Å². The zero-order chi connectivity index (χ0) is 23.3. The average molecular weight is 514 g/mol. The lowest BCUT2D eigenvalue weighted by Crippen LogP contribution is -2.44. The fraction of sp³-hybridized carbons (Fsp3) is 0.217. The molecule has 3 rings (SSSR count). The Morgan fingerprint density at radius 1 is 1.25 bits per heavy atom.